The average Bonchev–Trinajstić information content (AvgIpc) is 1.80. The van der Waals surface area contributed by atoms with Gasteiger partial charge >= 0.3 is 0 Å². The second-order valence-corrected chi connectivity index (χ2v) is 3.83. The van der Waals surface area contributed by atoms with E-state index >= 15 is 0 Å². The molecule has 0 spiro atoms. The van der Waals surface area contributed by atoms with Gasteiger partial charge in [-0.05, 0) is 0 Å². The highest BCUT2D eigenvalue weighted by Crippen LogP contribution is 1.92. The minimum atomic E-state index is -3.23. The predicted molar refractivity (Wildman–Crippen MR) is 37.7 cm³/mol. The number of nitrogens with two attached hydrogens (primary N) is 1. The normalized spacial score (nSPS) is 12.4. The topological polar surface area (TPSA) is 83.6 Å². The van der Waals surface area contributed by atoms with Crippen LogP contribution in [0.1, 0.15) is 0 Å². The Morgan fingerprint density at radius 1 is 1.60 bits per heavy atom. The third kappa shape index (κ3) is 3.11. The van der Waals surface area contributed by atoms with Gasteiger partial charge in [-0.1, -0.05) is 0 Å². The van der Waals surface area contributed by atoms with E-state index in [1.807, 2.05) is 0 Å². The molecule has 0 aromatic carbocycles. The van der Waals surface area contributed by atoms with Crippen LogP contribution in [0.3, 0.4) is 0 Å². The van der Waals surface area contributed by atoms with Gasteiger partial charge in [-0.3, -0.25) is 0 Å². The van der Waals surface area contributed by atoms with Gasteiger partial charge in [0.25, 0.3) is 0 Å². The fourth-order valence-corrected chi connectivity index (χ4v) is 1.19. The van der Waals surface area contributed by atoms with Gasteiger partial charge in [0, 0.05) is 6.54 Å². The van der Waals surface area contributed by atoms with Crippen molar-refractivity contribution in [3.05, 3.63) is 0 Å². The minimum absolute atomic E-state index is 0.0648. The number of hydrogen-bond donors (Lipinski definition) is 2. The molecule has 10 heavy (non-hydrogen) atoms. The van der Waals surface area contributed by atoms with Crippen LogP contribution in [0.2, 0.25) is 0 Å². The monoisotopic (exact) mass is 168 g/mol. The molecular formula is C4H12N2O3S. The summed E-state index contributed by atoms with van der Waals surface area (Å²) < 4.78 is 22.4. The first kappa shape index (κ1) is 9.83. The number of aliphatic hydroxyl groups is 1. The first-order valence-electron chi connectivity index (χ1n) is 2.78. The van der Waals surface area contributed by atoms with Crippen molar-refractivity contribution in [1.29, 1.82) is 0 Å². The second-order valence-electron chi connectivity index (χ2n) is 1.84. The molecule has 0 saturated heterocycles. The van der Waals surface area contributed by atoms with E-state index < -0.39 is 10.0 Å². The van der Waals surface area contributed by atoms with Gasteiger partial charge in [-0.2, -0.15) is 4.31 Å². The van der Waals surface area contributed by atoms with Crippen LogP contribution in [0.15, 0.2) is 0 Å². The Balaban J connectivity index is 4.08. The maximum Gasteiger partial charge on any atom is 0.212 e. The largest absolute Gasteiger partial charge is 0.395 e. The van der Waals surface area contributed by atoms with E-state index in [0.717, 1.165) is 10.6 Å². The fourth-order valence-electron chi connectivity index (χ4n) is 0.504. The summed E-state index contributed by atoms with van der Waals surface area (Å²) in [6, 6.07) is 0. The highest BCUT2D eigenvalue weighted by atomic mass is 32.2. The van der Waals surface area contributed by atoms with Crippen LogP contribution in [0.4, 0.5) is 0 Å². The Kier molecular flexibility index (Phi) is 3.80. The zero-order chi connectivity index (χ0) is 8.20. The maximum absolute atomic E-state index is 10.7. The first-order chi connectivity index (χ1) is 4.52. The summed E-state index contributed by atoms with van der Waals surface area (Å²) in [6.07, 6.45) is 1.05. The maximum atomic E-state index is 10.7. The lowest BCUT2D eigenvalue weighted by molar-refractivity contribution is 0.256. The SMILES string of the molecule is CS(=O)(=O)N(CN)CCO. The minimum Gasteiger partial charge on any atom is -0.395 e. The number of hydrogen-bond acceptors (Lipinski definition) is 4. The van der Waals surface area contributed by atoms with Gasteiger partial charge in [-0.15, -0.1) is 0 Å². The van der Waals surface area contributed by atoms with E-state index in [2.05, 4.69) is 0 Å². The first-order valence-corrected chi connectivity index (χ1v) is 4.63. The summed E-state index contributed by atoms with van der Waals surface area (Å²) >= 11 is 0. The summed E-state index contributed by atoms with van der Waals surface area (Å²) in [7, 11) is -3.23. The molecule has 0 aliphatic carbocycles. The van der Waals surface area contributed by atoms with Gasteiger partial charge in [0.1, 0.15) is 0 Å². The smallest absolute Gasteiger partial charge is 0.212 e. The Bertz CT molecular complexity index is 177. The third-order valence-electron chi connectivity index (χ3n) is 1.02. The molecule has 0 aromatic rings. The Hall–Kier alpha value is -0.170. The molecule has 0 radical (unpaired) electrons. The van der Waals surface area contributed by atoms with Crippen LogP contribution >= 0.6 is 0 Å². The van der Waals surface area contributed by atoms with Crippen LogP contribution < -0.4 is 5.73 Å². The van der Waals surface area contributed by atoms with Gasteiger partial charge in [0.05, 0.1) is 19.5 Å². The molecule has 0 unspecified atom stereocenters. The molecule has 0 aromatic heterocycles. The lowest BCUT2D eigenvalue weighted by Gasteiger charge is -2.15. The molecule has 3 N–H and O–H groups in total. The average molecular weight is 168 g/mol. The summed E-state index contributed by atoms with van der Waals surface area (Å²) in [5, 5.41) is 8.37. The second kappa shape index (κ2) is 3.87. The van der Waals surface area contributed by atoms with Crippen LogP contribution in [-0.4, -0.2) is 43.9 Å². The van der Waals surface area contributed by atoms with E-state index in [0.29, 0.717) is 0 Å². The van der Waals surface area contributed by atoms with E-state index in [1.165, 1.54) is 0 Å². The molecular weight excluding hydrogens is 156 g/mol. The van der Waals surface area contributed by atoms with Gasteiger partial charge in [0.2, 0.25) is 10.0 Å². The number of nitrogens with zero attached hydrogens (tertiary/aromatic N) is 1. The van der Waals surface area contributed by atoms with Crippen molar-refractivity contribution in [3.8, 4) is 0 Å². The summed E-state index contributed by atoms with van der Waals surface area (Å²) in [4.78, 5) is 0. The highest BCUT2D eigenvalue weighted by Gasteiger charge is 2.12. The third-order valence-corrected chi connectivity index (χ3v) is 2.29. The van der Waals surface area contributed by atoms with E-state index in [4.69, 9.17) is 10.8 Å². The summed E-state index contributed by atoms with van der Waals surface area (Å²) in [5.74, 6) is 0. The van der Waals surface area contributed by atoms with Crippen molar-refractivity contribution in [2.24, 2.45) is 5.73 Å². The predicted octanol–water partition coefficient (Wildman–Crippen LogP) is -1.84. The van der Waals surface area contributed by atoms with Gasteiger partial charge in [0.15, 0.2) is 0 Å². The van der Waals surface area contributed by atoms with Crippen molar-refractivity contribution in [2.75, 3.05) is 26.1 Å². The van der Waals surface area contributed by atoms with Crippen LogP contribution in [-0.2, 0) is 10.0 Å². The Morgan fingerprint density at radius 2 is 2.10 bits per heavy atom. The molecule has 0 aliphatic heterocycles. The highest BCUT2D eigenvalue weighted by molar-refractivity contribution is 7.88. The standard InChI is InChI=1S/C4H12N2O3S/c1-10(8,9)6(4-5)2-3-7/h7H,2-5H2,1H3. The van der Waals surface area contributed by atoms with Crippen LogP contribution in [0.5, 0.6) is 0 Å². The zero-order valence-electron chi connectivity index (χ0n) is 5.82. The van der Waals surface area contributed by atoms with Crippen molar-refractivity contribution in [1.82, 2.24) is 4.31 Å². The molecule has 0 amide bonds. The Labute approximate surface area is 60.5 Å². The molecule has 0 fully saturated rings. The van der Waals surface area contributed by atoms with E-state index in [-0.39, 0.29) is 19.8 Å². The molecule has 0 saturated carbocycles. The van der Waals surface area contributed by atoms with Gasteiger partial charge in [-0.25, -0.2) is 8.42 Å². The number of sulfonamides is 1. The summed E-state index contributed by atoms with van der Waals surface area (Å²) in [5.41, 5.74) is 5.08. The molecule has 0 atom stereocenters. The zero-order valence-corrected chi connectivity index (χ0v) is 6.63. The van der Waals surface area contributed by atoms with Crippen molar-refractivity contribution < 1.29 is 13.5 Å². The van der Waals surface area contributed by atoms with E-state index in [1.54, 1.807) is 0 Å². The lowest BCUT2D eigenvalue weighted by atomic mass is 10.7. The molecule has 0 bridgehead atoms. The molecule has 0 aliphatic rings. The molecule has 0 rings (SSSR count). The lowest BCUT2D eigenvalue weighted by Crippen LogP contribution is -2.37. The summed E-state index contributed by atoms with van der Waals surface area (Å²) in [6.45, 7) is -0.223. The van der Waals surface area contributed by atoms with Gasteiger partial charge < -0.3 is 10.8 Å². The van der Waals surface area contributed by atoms with Crippen LogP contribution in [0.25, 0.3) is 0 Å². The van der Waals surface area contributed by atoms with Crippen molar-refractivity contribution in [2.45, 2.75) is 0 Å². The Morgan fingerprint density at radius 3 is 2.20 bits per heavy atom. The quantitative estimate of drug-likeness (QED) is 0.483. The number of aliphatic hydroxyl groups excluding tert-OH is 1. The molecule has 6 heteroatoms. The molecule has 5 nitrogen and oxygen atoms in total. The fraction of sp³-hybridized carbons (Fsp3) is 1.00. The molecule has 0 heterocycles. The van der Waals surface area contributed by atoms with Crippen molar-refractivity contribution >= 4 is 10.0 Å². The van der Waals surface area contributed by atoms with E-state index in [9.17, 15) is 8.42 Å². The van der Waals surface area contributed by atoms with Crippen LogP contribution in [0, 0.1) is 0 Å². The molecule has 62 valence electrons. The van der Waals surface area contributed by atoms with Crippen molar-refractivity contribution in [3.63, 3.8) is 0 Å². The number of rotatable bonds is 4.